The zero-order valence-electron chi connectivity index (χ0n) is 12.3. The molecule has 0 fully saturated rings. The zero-order chi connectivity index (χ0) is 16.8. The molecule has 0 atom stereocenters. The summed E-state index contributed by atoms with van der Waals surface area (Å²) in [5.74, 6) is -0.0281. The second kappa shape index (κ2) is 7.29. The lowest BCUT2D eigenvalue weighted by Crippen LogP contribution is -2.14. The summed E-state index contributed by atoms with van der Waals surface area (Å²) in [4.78, 5) is 16.2. The fraction of sp³-hybridized carbons (Fsp3) is 0.0625. The quantitative estimate of drug-likeness (QED) is 0.455. The second-order valence-electron chi connectivity index (χ2n) is 4.73. The highest BCUT2D eigenvalue weighted by atomic mass is 35.5. The third-order valence-corrected chi connectivity index (χ3v) is 3.23. The number of aromatic nitrogens is 1. The van der Waals surface area contributed by atoms with E-state index in [-0.39, 0.29) is 5.57 Å². The van der Waals surface area contributed by atoms with Gasteiger partial charge in [0.2, 0.25) is 0 Å². The Morgan fingerprint density at radius 3 is 2.78 bits per heavy atom. The number of halogens is 1. The maximum Gasteiger partial charge on any atom is 0.267 e. The van der Waals surface area contributed by atoms with Crippen LogP contribution in [0.2, 0.25) is 5.02 Å². The van der Waals surface area contributed by atoms with Gasteiger partial charge in [-0.15, -0.1) is 0 Å². The first-order valence-electron chi connectivity index (χ1n) is 6.65. The van der Waals surface area contributed by atoms with Crippen LogP contribution in [0.3, 0.4) is 0 Å². The van der Waals surface area contributed by atoms with Gasteiger partial charge in [-0.2, -0.15) is 5.26 Å². The number of nitrogens with zero attached hydrogens (tertiary/aromatic N) is 2. The van der Waals surface area contributed by atoms with Crippen LogP contribution in [-0.4, -0.2) is 10.9 Å². The van der Waals surface area contributed by atoms with E-state index in [1.807, 2.05) is 19.1 Å². The van der Waals surface area contributed by atoms with Gasteiger partial charge in [0.1, 0.15) is 17.5 Å². The summed E-state index contributed by atoms with van der Waals surface area (Å²) in [5.41, 5.74) is 7.38. The molecule has 23 heavy (non-hydrogen) atoms. The Morgan fingerprint density at radius 1 is 1.39 bits per heavy atom. The van der Waals surface area contributed by atoms with Gasteiger partial charge in [-0.05, 0) is 36.8 Å². The average molecular weight is 328 g/mol. The maximum absolute atomic E-state index is 12.1. The van der Waals surface area contributed by atoms with Crippen molar-refractivity contribution < 1.29 is 4.79 Å². The number of nitrogens with two attached hydrogens (primary N) is 1. The van der Waals surface area contributed by atoms with E-state index in [0.717, 1.165) is 5.56 Å². The molecule has 1 amide bonds. The topological polar surface area (TPSA) is 104 Å². The summed E-state index contributed by atoms with van der Waals surface area (Å²) in [6, 6.07) is 10.1. The number of aryl methyl sites for hydroxylation is 1. The number of nitriles is 1. The van der Waals surface area contributed by atoms with Crippen molar-refractivity contribution in [2.45, 2.75) is 6.92 Å². The third-order valence-electron chi connectivity index (χ3n) is 2.90. The number of nitrogen functional groups attached to an aromatic ring is 1. The van der Waals surface area contributed by atoms with Crippen LogP contribution in [0.5, 0.6) is 0 Å². The number of carbonyl (C=O) groups is 1. The van der Waals surface area contributed by atoms with E-state index in [1.165, 1.54) is 12.3 Å². The molecule has 7 heteroatoms. The largest absolute Gasteiger partial charge is 0.398 e. The van der Waals surface area contributed by atoms with E-state index in [9.17, 15) is 4.79 Å². The van der Waals surface area contributed by atoms with Crippen molar-refractivity contribution >= 4 is 34.7 Å². The number of benzene rings is 1. The Labute approximate surface area is 138 Å². The fourth-order valence-electron chi connectivity index (χ4n) is 1.65. The molecule has 0 spiro atoms. The molecule has 4 N–H and O–H groups in total. The number of amides is 1. The fourth-order valence-corrected chi connectivity index (χ4v) is 1.83. The Morgan fingerprint density at radius 2 is 2.17 bits per heavy atom. The number of carbonyl (C=O) groups excluding carboxylic acids is 1. The lowest BCUT2D eigenvalue weighted by Gasteiger charge is -2.06. The molecule has 0 unspecified atom stereocenters. The average Bonchev–Trinajstić information content (AvgIpc) is 2.53. The van der Waals surface area contributed by atoms with Crippen LogP contribution in [0.15, 0.2) is 48.3 Å². The van der Waals surface area contributed by atoms with Crippen molar-refractivity contribution in [1.82, 2.24) is 4.98 Å². The molecule has 0 saturated carbocycles. The first-order chi connectivity index (χ1) is 11.0. The maximum atomic E-state index is 12.1. The number of nitrogens with one attached hydrogen (secondary N) is 2. The van der Waals surface area contributed by atoms with E-state index in [0.29, 0.717) is 22.2 Å². The lowest BCUT2D eigenvalue weighted by atomic mass is 10.2. The number of rotatable bonds is 4. The molecule has 0 aliphatic heterocycles. The number of hydrogen-bond donors (Lipinski definition) is 3. The number of anilines is 3. The minimum Gasteiger partial charge on any atom is -0.398 e. The van der Waals surface area contributed by atoms with Crippen LogP contribution < -0.4 is 16.4 Å². The first-order valence-corrected chi connectivity index (χ1v) is 7.03. The van der Waals surface area contributed by atoms with Crippen LogP contribution in [0.25, 0.3) is 0 Å². The summed E-state index contributed by atoms with van der Waals surface area (Å²) < 4.78 is 0. The van der Waals surface area contributed by atoms with Crippen LogP contribution in [0.1, 0.15) is 5.56 Å². The molecule has 2 rings (SSSR count). The van der Waals surface area contributed by atoms with Gasteiger partial charge >= 0.3 is 0 Å². The molecule has 6 nitrogen and oxygen atoms in total. The van der Waals surface area contributed by atoms with Crippen molar-refractivity contribution in [2.24, 2.45) is 0 Å². The predicted octanol–water partition coefficient (Wildman–Crippen LogP) is 3.08. The van der Waals surface area contributed by atoms with Crippen molar-refractivity contribution in [3.05, 3.63) is 58.9 Å². The van der Waals surface area contributed by atoms with Crippen molar-refractivity contribution in [1.29, 1.82) is 5.26 Å². The highest BCUT2D eigenvalue weighted by Gasteiger charge is 2.10. The van der Waals surface area contributed by atoms with Crippen LogP contribution in [0, 0.1) is 18.3 Å². The van der Waals surface area contributed by atoms with Gasteiger partial charge in [-0.1, -0.05) is 17.7 Å². The number of pyridine rings is 1. The van der Waals surface area contributed by atoms with Crippen LogP contribution in [-0.2, 0) is 4.79 Å². The molecule has 116 valence electrons. The second-order valence-corrected chi connectivity index (χ2v) is 5.13. The minimum atomic E-state index is -0.562. The molecule has 0 saturated heterocycles. The summed E-state index contributed by atoms with van der Waals surface area (Å²) in [6.45, 7) is 1.92. The monoisotopic (exact) mass is 327 g/mol. The van der Waals surface area contributed by atoms with E-state index < -0.39 is 5.91 Å². The van der Waals surface area contributed by atoms with Crippen molar-refractivity contribution in [3.8, 4) is 6.07 Å². The summed E-state index contributed by atoms with van der Waals surface area (Å²) in [5, 5.41) is 14.8. The van der Waals surface area contributed by atoms with Crippen LogP contribution in [0.4, 0.5) is 17.2 Å². The zero-order valence-corrected chi connectivity index (χ0v) is 13.1. The smallest absolute Gasteiger partial charge is 0.267 e. The summed E-state index contributed by atoms with van der Waals surface area (Å²) in [6.07, 6.45) is 2.98. The predicted molar refractivity (Wildman–Crippen MR) is 90.8 cm³/mol. The molecule has 1 heterocycles. The highest BCUT2D eigenvalue weighted by Crippen LogP contribution is 2.22. The van der Waals surface area contributed by atoms with Crippen molar-refractivity contribution in [3.63, 3.8) is 0 Å². The van der Waals surface area contributed by atoms with Gasteiger partial charge in [0, 0.05) is 18.1 Å². The highest BCUT2D eigenvalue weighted by molar-refractivity contribution is 6.33. The van der Waals surface area contributed by atoms with Gasteiger partial charge in [-0.25, -0.2) is 4.98 Å². The number of hydrogen-bond acceptors (Lipinski definition) is 5. The van der Waals surface area contributed by atoms with E-state index in [4.69, 9.17) is 22.6 Å². The Bertz CT molecular complexity index is 793. The van der Waals surface area contributed by atoms with E-state index >= 15 is 0 Å². The normalized spacial score (nSPS) is 10.7. The standard InChI is InChI=1S/C16H14ClN5O/c1-10-2-5-15(20-8-10)21-9-11(7-18)16(23)22-12-3-4-14(19)13(17)6-12/h2-6,8-9H,19H2,1H3,(H,20,21)(H,22,23)/b11-9-. The van der Waals surface area contributed by atoms with Gasteiger partial charge in [0.15, 0.2) is 0 Å². The Balaban J connectivity index is 2.08. The SMILES string of the molecule is Cc1ccc(N/C=C(/C#N)C(=O)Nc2ccc(N)c(Cl)c2)nc1. The van der Waals surface area contributed by atoms with E-state index in [1.54, 1.807) is 24.4 Å². The van der Waals surface area contributed by atoms with Gasteiger partial charge in [-0.3, -0.25) is 4.79 Å². The first kappa shape index (κ1) is 16.3. The molecular formula is C16H14ClN5O. The van der Waals surface area contributed by atoms with Gasteiger partial charge in [0.05, 0.1) is 10.7 Å². The summed E-state index contributed by atoms with van der Waals surface area (Å²) >= 11 is 5.89. The molecule has 1 aromatic heterocycles. The molecule has 0 bridgehead atoms. The minimum absolute atomic E-state index is 0.0969. The molecular weight excluding hydrogens is 314 g/mol. The molecule has 1 aromatic carbocycles. The third kappa shape index (κ3) is 4.46. The molecule has 2 aromatic rings. The Kier molecular flexibility index (Phi) is 5.18. The van der Waals surface area contributed by atoms with Gasteiger partial charge < -0.3 is 16.4 Å². The molecule has 0 radical (unpaired) electrons. The molecule has 0 aliphatic carbocycles. The summed E-state index contributed by atoms with van der Waals surface area (Å²) in [7, 11) is 0. The molecule has 0 aliphatic rings. The lowest BCUT2D eigenvalue weighted by molar-refractivity contribution is -0.112. The van der Waals surface area contributed by atoms with Gasteiger partial charge in [0.25, 0.3) is 5.91 Å². The van der Waals surface area contributed by atoms with E-state index in [2.05, 4.69) is 15.6 Å². The van der Waals surface area contributed by atoms with Crippen LogP contribution >= 0.6 is 11.6 Å². The Hall–Kier alpha value is -3.04. The van der Waals surface area contributed by atoms with Crippen molar-refractivity contribution in [2.75, 3.05) is 16.4 Å².